The van der Waals surface area contributed by atoms with Gasteiger partial charge in [-0.05, 0) is 52.7 Å². The lowest BCUT2D eigenvalue weighted by molar-refractivity contribution is 0.102. The molecule has 0 aliphatic carbocycles. The maximum atomic E-state index is 12.0. The number of carbonyl (C=O) groups excluding carboxylic acids is 1. The summed E-state index contributed by atoms with van der Waals surface area (Å²) >= 11 is 9.23. The topological polar surface area (TPSA) is 42.0 Å². The zero-order valence-electron chi connectivity index (χ0n) is 9.58. The van der Waals surface area contributed by atoms with Crippen molar-refractivity contribution in [2.75, 3.05) is 5.32 Å². The zero-order chi connectivity index (χ0) is 13.1. The van der Waals surface area contributed by atoms with E-state index in [0.29, 0.717) is 20.9 Å². The van der Waals surface area contributed by atoms with E-state index in [-0.39, 0.29) is 5.91 Å². The Kier molecular flexibility index (Phi) is 3.99. The van der Waals surface area contributed by atoms with Gasteiger partial charge in [-0.3, -0.25) is 4.79 Å². The van der Waals surface area contributed by atoms with E-state index < -0.39 is 0 Å². The number of nitrogens with one attached hydrogen (secondary N) is 1. The van der Waals surface area contributed by atoms with Crippen LogP contribution < -0.4 is 5.32 Å². The first-order chi connectivity index (χ1) is 8.56. The molecular weight excluding hydrogens is 316 g/mol. The van der Waals surface area contributed by atoms with Crippen LogP contribution in [0.1, 0.15) is 15.9 Å². The molecule has 0 atom stereocenters. The molecule has 5 heteroatoms. The van der Waals surface area contributed by atoms with Gasteiger partial charge in [-0.2, -0.15) is 0 Å². The average Bonchev–Trinajstić information content (AvgIpc) is 2.34. The Hall–Kier alpha value is -1.39. The van der Waals surface area contributed by atoms with Crippen molar-refractivity contribution < 1.29 is 4.79 Å². The number of halogens is 2. The predicted molar refractivity (Wildman–Crippen MR) is 76.1 cm³/mol. The number of benzene rings is 1. The minimum atomic E-state index is -0.234. The largest absolute Gasteiger partial charge is 0.321 e. The molecule has 3 nitrogen and oxygen atoms in total. The van der Waals surface area contributed by atoms with Gasteiger partial charge in [0, 0.05) is 6.20 Å². The number of amides is 1. The van der Waals surface area contributed by atoms with Crippen molar-refractivity contribution in [3.05, 3.63) is 57.3 Å². The second-order valence-corrected chi connectivity index (χ2v) is 5.03. The fourth-order valence-electron chi connectivity index (χ4n) is 1.44. The Morgan fingerprint density at radius 2 is 2.11 bits per heavy atom. The lowest BCUT2D eigenvalue weighted by Crippen LogP contribution is -2.12. The fourth-order valence-corrected chi connectivity index (χ4v) is 1.84. The summed E-state index contributed by atoms with van der Waals surface area (Å²) in [6, 6.07) is 8.88. The lowest BCUT2D eigenvalue weighted by atomic mass is 10.2. The number of aromatic nitrogens is 1. The first kappa shape index (κ1) is 13.1. The smallest absolute Gasteiger partial charge is 0.257 e. The van der Waals surface area contributed by atoms with Crippen molar-refractivity contribution in [1.82, 2.24) is 4.98 Å². The average molecular weight is 326 g/mol. The molecule has 1 N–H and O–H groups in total. The van der Waals surface area contributed by atoms with Crippen LogP contribution in [0.3, 0.4) is 0 Å². The van der Waals surface area contributed by atoms with Crippen LogP contribution in [0.4, 0.5) is 5.69 Å². The normalized spacial score (nSPS) is 10.2. The molecule has 0 aliphatic heterocycles. The monoisotopic (exact) mass is 324 g/mol. The van der Waals surface area contributed by atoms with E-state index in [1.165, 1.54) is 6.20 Å². The van der Waals surface area contributed by atoms with Crippen LogP contribution in [0, 0.1) is 6.92 Å². The number of nitrogens with zero attached hydrogens (tertiary/aromatic N) is 1. The zero-order valence-corrected chi connectivity index (χ0v) is 11.9. The van der Waals surface area contributed by atoms with E-state index in [1.807, 2.05) is 19.1 Å². The minimum Gasteiger partial charge on any atom is -0.321 e. The third-order valence-electron chi connectivity index (χ3n) is 2.36. The summed E-state index contributed by atoms with van der Waals surface area (Å²) in [5.74, 6) is -0.234. The first-order valence-corrected chi connectivity index (χ1v) is 6.42. The maximum Gasteiger partial charge on any atom is 0.257 e. The fraction of sp³-hybridized carbons (Fsp3) is 0.0769. The molecule has 0 saturated carbocycles. The molecule has 0 saturated heterocycles. The van der Waals surface area contributed by atoms with Gasteiger partial charge in [0.15, 0.2) is 0 Å². The predicted octanol–water partition coefficient (Wildman–Crippen LogP) is 4.06. The van der Waals surface area contributed by atoms with E-state index in [9.17, 15) is 4.79 Å². The van der Waals surface area contributed by atoms with Gasteiger partial charge in [-0.1, -0.05) is 17.7 Å². The molecule has 18 heavy (non-hydrogen) atoms. The molecule has 1 aromatic carbocycles. The number of anilines is 1. The van der Waals surface area contributed by atoms with Gasteiger partial charge in [0.05, 0.1) is 16.3 Å². The van der Waals surface area contributed by atoms with Crippen LogP contribution >= 0.6 is 27.5 Å². The number of carbonyl (C=O) groups is 1. The van der Waals surface area contributed by atoms with Gasteiger partial charge >= 0.3 is 0 Å². The van der Waals surface area contributed by atoms with Gasteiger partial charge in [-0.25, -0.2) is 4.98 Å². The van der Waals surface area contributed by atoms with Crippen LogP contribution in [0.5, 0.6) is 0 Å². The summed E-state index contributed by atoms with van der Waals surface area (Å²) in [5.41, 5.74) is 2.11. The quantitative estimate of drug-likeness (QED) is 0.846. The molecule has 0 bridgehead atoms. The highest BCUT2D eigenvalue weighted by molar-refractivity contribution is 9.10. The number of rotatable bonds is 2. The molecule has 0 unspecified atom stereocenters. The van der Waals surface area contributed by atoms with Gasteiger partial charge < -0.3 is 5.32 Å². The number of aryl methyl sites for hydroxylation is 1. The Bertz CT molecular complexity index is 584. The van der Waals surface area contributed by atoms with E-state index in [1.54, 1.807) is 18.2 Å². The molecular formula is C13H10BrClN2O. The molecule has 92 valence electrons. The number of hydrogen-bond donors (Lipinski definition) is 1. The SMILES string of the molecule is Cc1ccc(Cl)c(NC(=O)c2ccc(Br)nc2)c1. The van der Waals surface area contributed by atoms with Crippen LogP contribution in [-0.4, -0.2) is 10.9 Å². The second kappa shape index (κ2) is 5.50. The lowest BCUT2D eigenvalue weighted by Gasteiger charge is -2.08. The standard InChI is InChI=1S/C13H10BrClN2O/c1-8-2-4-10(15)11(6-8)17-13(18)9-3-5-12(14)16-7-9/h2-7H,1H3,(H,17,18). The highest BCUT2D eigenvalue weighted by Gasteiger charge is 2.08. The van der Waals surface area contributed by atoms with Crippen LogP contribution in [0.2, 0.25) is 5.02 Å². The molecule has 0 spiro atoms. The Balaban J connectivity index is 2.21. The first-order valence-electron chi connectivity index (χ1n) is 5.25. The maximum absolute atomic E-state index is 12.0. The van der Waals surface area contributed by atoms with Gasteiger partial charge in [0.2, 0.25) is 0 Å². The minimum absolute atomic E-state index is 0.234. The van der Waals surface area contributed by atoms with Crippen molar-refractivity contribution >= 4 is 39.1 Å². The van der Waals surface area contributed by atoms with Crippen molar-refractivity contribution in [2.45, 2.75) is 6.92 Å². The Morgan fingerprint density at radius 3 is 2.78 bits per heavy atom. The van der Waals surface area contributed by atoms with E-state index >= 15 is 0 Å². The second-order valence-electron chi connectivity index (χ2n) is 3.81. The highest BCUT2D eigenvalue weighted by Crippen LogP contribution is 2.23. The molecule has 2 rings (SSSR count). The van der Waals surface area contributed by atoms with Crippen molar-refractivity contribution in [3.63, 3.8) is 0 Å². The van der Waals surface area contributed by atoms with Gasteiger partial charge in [0.1, 0.15) is 4.60 Å². The van der Waals surface area contributed by atoms with Gasteiger partial charge in [0.25, 0.3) is 5.91 Å². The summed E-state index contributed by atoms with van der Waals surface area (Å²) in [6.45, 7) is 1.94. The van der Waals surface area contributed by atoms with Crippen LogP contribution in [0.25, 0.3) is 0 Å². The molecule has 1 heterocycles. The van der Waals surface area contributed by atoms with Crippen LogP contribution in [-0.2, 0) is 0 Å². The Labute approximate surface area is 118 Å². The van der Waals surface area contributed by atoms with Gasteiger partial charge in [-0.15, -0.1) is 0 Å². The Morgan fingerprint density at radius 1 is 1.33 bits per heavy atom. The summed E-state index contributed by atoms with van der Waals surface area (Å²) in [5, 5.41) is 3.27. The molecule has 1 aromatic heterocycles. The molecule has 0 radical (unpaired) electrons. The van der Waals surface area contributed by atoms with Crippen molar-refractivity contribution in [2.24, 2.45) is 0 Å². The molecule has 1 amide bonds. The van der Waals surface area contributed by atoms with E-state index in [4.69, 9.17) is 11.6 Å². The third-order valence-corrected chi connectivity index (χ3v) is 3.16. The third kappa shape index (κ3) is 3.09. The molecule has 0 fully saturated rings. The number of hydrogen-bond acceptors (Lipinski definition) is 2. The molecule has 0 aliphatic rings. The van der Waals surface area contributed by atoms with Crippen molar-refractivity contribution in [1.29, 1.82) is 0 Å². The summed E-state index contributed by atoms with van der Waals surface area (Å²) in [4.78, 5) is 16.0. The van der Waals surface area contributed by atoms with E-state index in [0.717, 1.165) is 5.56 Å². The summed E-state index contributed by atoms with van der Waals surface area (Å²) < 4.78 is 0.688. The summed E-state index contributed by atoms with van der Waals surface area (Å²) in [7, 11) is 0. The van der Waals surface area contributed by atoms with Crippen molar-refractivity contribution in [3.8, 4) is 0 Å². The molecule has 2 aromatic rings. The van der Waals surface area contributed by atoms with Crippen LogP contribution in [0.15, 0.2) is 41.1 Å². The van der Waals surface area contributed by atoms with E-state index in [2.05, 4.69) is 26.2 Å². The highest BCUT2D eigenvalue weighted by atomic mass is 79.9. The number of pyridine rings is 1. The summed E-state index contributed by atoms with van der Waals surface area (Å²) in [6.07, 6.45) is 1.50.